The summed E-state index contributed by atoms with van der Waals surface area (Å²) in [5.41, 5.74) is 0.778. The highest BCUT2D eigenvalue weighted by Gasteiger charge is 2.11. The number of urea groups is 1. The Bertz CT molecular complexity index is 660. The number of hydrogen-bond acceptors (Lipinski definition) is 4. The fraction of sp³-hybridized carbons (Fsp3) is 0.267. The Labute approximate surface area is 137 Å². The minimum absolute atomic E-state index is 0.0452. The minimum atomic E-state index is -0.285. The molecule has 0 aliphatic heterocycles. The van der Waals surface area contributed by atoms with Crippen LogP contribution in [0.1, 0.15) is 23.4 Å². The molecule has 0 fully saturated rings. The molecule has 2 aromatic rings. The summed E-state index contributed by atoms with van der Waals surface area (Å²) in [4.78, 5) is 12.9. The summed E-state index contributed by atoms with van der Waals surface area (Å²) in [6, 6.07) is 8.27. The van der Waals surface area contributed by atoms with Crippen LogP contribution in [-0.4, -0.2) is 18.2 Å². The number of benzene rings is 1. The van der Waals surface area contributed by atoms with Gasteiger partial charge in [-0.2, -0.15) is 0 Å². The summed E-state index contributed by atoms with van der Waals surface area (Å²) in [6.45, 7) is 2.20. The average molecular weight is 341 g/mol. The van der Waals surface area contributed by atoms with E-state index >= 15 is 0 Å². The van der Waals surface area contributed by atoms with E-state index in [4.69, 9.17) is 16.3 Å². The first kappa shape index (κ1) is 16.5. The van der Waals surface area contributed by atoms with E-state index in [0.29, 0.717) is 16.6 Å². The van der Waals surface area contributed by atoms with Crippen molar-refractivity contribution >= 4 is 29.0 Å². The SMILES string of the molecule is COc1ccc(CNC(=O)N[C@@H](C)c2ccc(Cl)s2)cc1O. The summed E-state index contributed by atoms with van der Waals surface area (Å²) in [5.74, 6) is 0.445. The lowest BCUT2D eigenvalue weighted by Crippen LogP contribution is -2.36. The highest BCUT2D eigenvalue weighted by Crippen LogP contribution is 2.27. The molecule has 5 nitrogen and oxygen atoms in total. The number of amides is 2. The highest BCUT2D eigenvalue weighted by molar-refractivity contribution is 7.16. The Morgan fingerprint density at radius 1 is 1.41 bits per heavy atom. The number of ether oxygens (including phenoxy) is 1. The van der Waals surface area contributed by atoms with E-state index < -0.39 is 0 Å². The first-order valence-electron chi connectivity index (χ1n) is 6.65. The molecule has 0 saturated carbocycles. The normalized spacial score (nSPS) is 11.8. The third kappa shape index (κ3) is 4.29. The zero-order valence-corrected chi connectivity index (χ0v) is 13.8. The summed E-state index contributed by atoms with van der Waals surface area (Å²) < 4.78 is 5.66. The zero-order chi connectivity index (χ0) is 16.1. The van der Waals surface area contributed by atoms with Crippen molar-refractivity contribution in [2.75, 3.05) is 7.11 Å². The molecule has 1 heterocycles. The second-order valence-corrected chi connectivity index (χ2v) is 6.44. The molecular weight excluding hydrogens is 324 g/mol. The molecule has 1 aromatic heterocycles. The van der Waals surface area contributed by atoms with Crippen LogP contribution in [-0.2, 0) is 6.54 Å². The maximum Gasteiger partial charge on any atom is 0.315 e. The van der Waals surface area contributed by atoms with Crippen LogP contribution in [0.25, 0.3) is 0 Å². The Balaban J connectivity index is 1.86. The van der Waals surface area contributed by atoms with Crippen LogP contribution in [0.5, 0.6) is 11.5 Å². The van der Waals surface area contributed by atoms with E-state index in [-0.39, 0.29) is 17.8 Å². The van der Waals surface area contributed by atoms with Crippen molar-refractivity contribution in [3.05, 3.63) is 45.1 Å². The van der Waals surface area contributed by atoms with Gasteiger partial charge in [-0.25, -0.2) is 4.79 Å². The van der Waals surface area contributed by atoms with Crippen LogP contribution in [0.3, 0.4) is 0 Å². The predicted octanol–water partition coefficient (Wildman–Crippen LogP) is 3.68. The number of carbonyl (C=O) groups is 1. The topological polar surface area (TPSA) is 70.6 Å². The number of halogens is 1. The van der Waals surface area contributed by atoms with Gasteiger partial charge in [0.15, 0.2) is 11.5 Å². The van der Waals surface area contributed by atoms with Crippen LogP contribution in [0, 0.1) is 0 Å². The van der Waals surface area contributed by atoms with Gasteiger partial charge in [-0.05, 0) is 36.8 Å². The number of hydrogen-bond donors (Lipinski definition) is 3. The van der Waals surface area contributed by atoms with Crippen molar-refractivity contribution in [2.45, 2.75) is 19.5 Å². The molecule has 2 rings (SSSR count). The van der Waals surface area contributed by atoms with Gasteiger partial charge in [0.05, 0.1) is 17.5 Å². The number of aromatic hydroxyl groups is 1. The van der Waals surface area contributed by atoms with Crippen molar-refractivity contribution in [1.29, 1.82) is 0 Å². The largest absolute Gasteiger partial charge is 0.504 e. The van der Waals surface area contributed by atoms with Crippen LogP contribution in [0.4, 0.5) is 4.79 Å². The monoisotopic (exact) mass is 340 g/mol. The van der Waals surface area contributed by atoms with Crippen molar-refractivity contribution in [3.8, 4) is 11.5 Å². The number of carbonyl (C=O) groups excluding carboxylic acids is 1. The molecule has 0 unspecified atom stereocenters. The lowest BCUT2D eigenvalue weighted by molar-refractivity contribution is 0.237. The van der Waals surface area contributed by atoms with Crippen LogP contribution in [0.2, 0.25) is 4.34 Å². The molecule has 1 aromatic carbocycles. The second-order valence-electron chi connectivity index (χ2n) is 4.70. The maximum absolute atomic E-state index is 11.9. The standard InChI is InChI=1S/C15H17ClN2O3S/c1-9(13-5-6-14(16)22-13)18-15(20)17-8-10-3-4-12(21-2)11(19)7-10/h3-7,9,19H,8H2,1-2H3,(H2,17,18,20)/t9-/m0/s1. The van der Waals surface area contributed by atoms with E-state index in [2.05, 4.69) is 10.6 Å². The molecule has 1 atom stereocenters. The zero-order valence-electron chi connectivity index (χ0n) is 12.2. The number of thiophene rings is 1. The van der Waals surface area contributed by atoms with Gasteiger partial charge in [0.2, 0.25) is 0 Å². The van der Waals surface area contributed by atoms with Gasteiger partial charge in [0, 0.05) is 11.4 Å². The van der Waals surface area contributed by atoms with Crippen molar-refractivity contribution in [2.24, 2.45) is 0 Å². The highest BCUT2D eigenvalue weighted by atomic mass is 35.5. The van der Waals surface area contributed by atoms with Gasteiger partial charge in [-0.3, -0.25) is 0 Å². The number of phenols is 1. The van der Waals surface area contributed by atoms with Gasteiger partial charge >= 0.3 is 6.03 Å². The van der Waals surface area contributed by atoms with Crippen LogP contribution < -0.4 is 15.4 Å². The Morgan fingerprint density at radius 2 is 2.18 bits per heavy atom. The minimum Gasteiger partial charge on any atom is -0.504 e. The lowest BCUT2D eigenvalue weighted by Gasteiger charge is -2.13. The van der Waals surface area contributed by atoms with Crippen LogP contribution in [0.15, 0.2) is 30.3 Å². The van der Waals surface area contributed by atoms with E-state index in [9.17, 15) is 9.90 Å². The quantitative estimate of drug-likeness (QED) is 0.777. The van der Waals surface area contributed by atoms with E-state index in [1.165, 1.54) is 18.4 Å². The van der Waals surface area contributed by atoms with Crippen LogP contribution >= 0.6 is 22.9 Å². The number of rotatable bonds is 5. The first-order chi connectivity index (χ1) is 10.5. The lowest BCUT2D eigenvalue weighted by atomic mass is 10.2. The molecule has 0 saturated heterocycles. The van der Waals surface area contributed by atoms with Gasteiger partial charge in [0.25, 0.3) is 0 Å². The second kappa shape index (κ2) is 7.38. The molecular formula is C15H17ClN2O3S. The molecule has 0 aliphatic carbocycles. The Hall–Kier alpha value is -1.92. The molecule has 118 valence electrons. The van der Waals surface area contributed by atoms with Crippen molar-refractivity contribution < 1.29 is 14.6 Å². The van der Waals surface area contributed by atoms with E-state index in [1.54, 1.807) is 24.3 Å². The van der Waals surface area contributed by atoms with Gasteiger partial charge < -0.3 is 20.5 Å². The van der Waals surface area contributed by atoms with Crippen molar-refractivity contribution in [3.63, 3.8) is 0 Å². The summed E-state index contributed by atoms with van der Waals surface area (Å²) in [5, 5.41) is 15.3. The Morgan fingerprint density at radius 3 is 2.77 bits per heavy atom. The molecule has 0 radical (unpaired) electrons. The molecule has 22 heavy (non-hydrogen) atoms. The van der Waals surface area contributed by atoms with E-state index in [1.807, 2.05) is 13.0 Å². The van der Waals surface area contributed by atoms with Crippen molar-refractivity contribution in [1.82, 2.24) is 10.6 Å². The molecule has 3 N–H and O–H groups in total. The maximum atomic E-state index is 11.9. The van der Waals surface area contributed by atoms with Gasteiger partial charge in [0.1, 0.15) is 0 Å². The molecule has 2 amide bonds. The van der Waals surface area contributed by atoms with Gasteiger partial charge in [-0.1, -0.05) is 17.7 Å². The summed E-state index contributed by atoms with van der Waals surface area (Å²) in [6.07, 6.45) is 0. The smallest absolute Gasteiger partial charge is 0.315 e. The Kier molecular flexibility index (Phi) is 5.51. The average Bonchev–Trinajstić information content (AvgIpc) is 2.92. The molecule has 7 heteroatoms. The molecule has 0 aliphatic rings. The number of nitrogens with one attached hydrogen (secondary N) is 2. The fourth-order valence-corrected chi connectivity index (χ4v) is 2.97. The predicted molar refractivity (Wildman–Crippen MR) is 87.8 cm³/mol. The summed E-state index contributed by atoms with van der Waals surface area (Å²) in [7, 11) is 1.48. The summed E-state index contributed by atoms with van der Waals surface area (Å²) >= 11 is 7.31. The third-order valence-electron chi connectivity index (χ3n) is 3.06. The first-order valence-corrected chi connectivity index (χ1v) is 7.84. The van der Waals surface area contributed by atoms with E-state index in [0.717, 1.165) is 10.4 Å². The molecule has 0 spiro atoms. The van der Waals surface area contributed by atoms with Gasteiger partial charge in [-0.15, -0.1) is 11.3 Å². The fourth-order valence-electron chi connectivity index (χ4n) is 1.91. The molecule has 0 bridgehead atoms. The number of methoxy groups -OCH3 is 1. The number of phenolic OH excluding ortho intramolecular Hbond substituents is 1. The third-order valence-corrected chi connectivity index (χ3v) is 4.48.